The van der Waals surface area contributed by atoms with Crippen LogP contribution in [0.15, 0.2) is 24.3 Å². The van der Waals surface area contributed by atoms with Crippen LogP contribution in [0.4, 0.5) is 0 Å². The molecule has 0 aliphatic rings. The van der Waals surface area contributed by atoms with Gasteiger partial charge in [-0.05, 0) is 38.1 Å². The molecule has 0 saturated carbocycles. The van der Waals surface area contributed by atoms with Gasteiger partial charge < -0.3 is 15.2 Å². The van der Waals surface area contributed by atoms with Crippen molar-refractivity contribution in [3.63, 3.8) is 0 Å². The fourth-order valence-electron chi connectivity index (χ4n) is 1.29. The van der Waals surface area contributed by atoms with Crippen LogP contribution in [0.1, 0.15) is 12.5 Å². The summed E-state index contributed by atoms with van der Waals surface area (Å²) < 4.78 is 0. The van der Waals surface area contributed by atoms with Crippen LogP contribution in [0, 0.1) is 0 Å². The van der Waals surface area contributed by atoms with E-state index in [9.17, 15) is 4.79 Å². The number of rotatable bonds is 4. The van der Waals surface area contributed by atoms with Crippen LogP contribution < -0.4 is 16.6 Å². The van der Waals surface area contributed by atoms with E-state index in [1.54, 1.807) is 31.3 Å². The second-order valence-corrected chi connectivity index (χ2v) is 3.46. The molecule has 0 heterocycles. The molecule has 0 bridgehead atoms. The molecule has 0 aliphatic carbocycles. The van der Waals surface area contributed by atoms with E-state index < -0.39 is 0 Å². The number of carbonyl (C=O) groups excluding carboxylic acids is 2. The minimum absolute atomic E-state index is 0.211. The molecule has 1 amide bonds. The zero-order chi connectivity index (χ0) is 14.0. The van der Waals surface area contributed by atoms with Gasteiger partial charge in [-0.2, -0.15) is 0 Å². The molecule has 1 aromatic rings. The number of phenolic OH excluding ortho intramolecular Hbond substituents is 1. The number of benzene rings is 1. The summed E-state index contributed by atoms with van der Waals surface area (Å²) in [6.07, 6.45) is 1.28. The lowest BCUT2D eigenvalue weighted by atomic mass is 10.1. The normalized spacial score (nSPS) is 10.8. The van der Waals surface area contributed by atoms with Crippen LogP contribution in [-0.2, 0) is 16.0 Å². The second kappa shape index (κ2) is 9.15. The van der Waals surface area contributed by atoms with Gasteiger partial charge >= 0.3 is 0 Å². The fourth-order valence-corrected chi connectivity index (χ4v) is 1.29. The van der Waals surface area contributed by atoms with Crippen molar-refractivity contribution in [2.75, 3.05) is 7.05 Å². The first-order chi connectivity index (χ1) is 8.58. The molecule has 1 rings (SSSR count). The summed E-state index contributed by atoms with van der Waals surface area (Å²) in [6, 6.07) is 6.34. The molecule has 6 heteroatoms. The topological polar surface area (TPSA) is 104 Å². The van der Waals surface area contributed by atoms with Gasteiger partial charge in [0.15, 0.2) is 0 Å². The third-order valence-corrected chi connectivity index (χ3v) is 2.18. The van der Waals surface area contributed by atoms with Gasteiger partial charge in [0.1, 0.15) is 12.0 Å². The van der Waals surface area contributed by atoms with Gasteiger partial charge in [0.2, 0.25) is 0 Å². The molecule has 0 radical (unpaired) electrons. The van der Waals surface area contributed by atoms with Crippen LogP contribution in [0.5, 0.6) is 5.75 Å². The van der Waals surface area contributed by atoms with Gasteiger partial charge in [0.05, 0.1) is 6.04 Å². The number of hydrazine groups is 1. The lowest BCUT2D eigenvalue weighted by molar-refractivity contribution is -0.123. The summed E-state index contributed by atoms with van der Waals surface area (Å²) in [6.45, 7) is 1.44. The van der Waals surface area contributed by atoms with Gasteiger partial charge in [-0.3, -0.25) is 10.2 Å². The van der Waals surface area contributed by atoms with E-state index in [1.165, 1.54) is 6.92 Å². The second-order valence-electron chi connectivity index (χ2n) is 3.46. The lowest BCUT2D eigenvalue weighted by Gasteiger charge is -2.13. The first kappa shape index (κ1) is 16.1. The van der Waals surface area contributed by atoms with E-state index in [0.29, 0.717) is 6.42 Å². The number of nitrogens with one attached hydrogen (secondary N) is 2. The van der Waals surface area contributed by atoms with Crippen molar-refractivity contribution < 1.29 is 14.7 Å². The molecule has 1 aromatic carbocycles. The molecule has 6 nitrogen and oxygen atoms in total. The van der Waals surface area contributed by atoms with E-state index >= 15 is 0 Å². The summed E-state index contributed by atoms with van der Waals surface area (Å²) in [4.78, 5) is 20.1. The Hall–Kier alpha value is -1.92. The number of aromatic hydroxyl groups is 1. The standard InChI is InChI=1S/C10H15N3O2.C2H4O/c1-12-9(10(15)13-11)6-7-2-4-8(14)5-3-7;1-2-3/h2-5,9,12,14H,6,11H2,1H3,(H,13,15);2H,1H3. The van der Waals surface area contributed by atoms with E-state index in [0.717, 1.165) is 11.8 Å². The maximum Gasteiger partial charge on any atom is 0.251 e. The average molecular weight is 253 g/mol. The first-order valence-corrected chi connectivity index (χ1v) is 5.44. The summed E-state index contributed by atoms with van der Waals surface area (Å²) in [5.74, 6) is 5.00. The summed E-state index contributed by atoms with van der Waals surface area (Å²) in [5, 5.41) is 11.9. The number of carbonyl (C=O) groups is 2. The zero-order valence-electron chi connectivity index (χ0n) is 10.5. The number of likely N-dealkylation sites (N-methyl/N-ethyl adjacent to an activating group) is 1. The molecule has 1 unspecified atom stereocenters. The molecule has 0 saturated heterocycles. The van der Waals surface area contributed by atoms with Gasteiger partial charge in [-0.1, -0.05) is 12.1 Å². The Balaban J connectivity index is 0.000000873. The summed E-state index contributed by atoms with van der Waals surface area (Å²) in [5.41, 5.74) is 3.05. The maximum atomic E-state index is 11.3. The predicted octanol–water partition coefficient (Wildman–Crippen LogP) is -0.282. The van der Waals surface area contributed by atoms with Crippen molar-refractivity contribution in [3.05, 3.63) is 29.8 Å². The molecular formula is C12H19N3O3. The smallest absolute Gasteiger partial charge is 0.251 e. The van der Waals surface area contributed by atoms with Crippen LogP contribution >= 0.6 is 0 Å². The third-order valence-electron chi connectivity index (χ3n) is 2.18. The monoisotopic (exact) mass is 253 g/mol. The first-order valence-electron chi connectivity index (χ1n) is 5.44. The number of aldehydes is 1. The third kappa shape index (κ3) is 5.97. The van der Waals surface area contributed by atoms with Crippen molar-refractivity contribution in [2.45, 2.75) is 19.4 Å². The van der Waals surface area contributed by atoms with E-state index in [2.05, 4.69) is 10.7 Å². The highest BCUT2D eigenvalue weighted by Gasteiger charge is 2.15. The number of hydrogen-bond donors (Lipinski definition) is 4. The van der Waals surface area contributed by atoms with Gasteiger partial charge in [-0.15, -0.1) is 0 Å². The zero-order valence-corrected chi connectivity index (χ0v) is 10.5. The number of hydrogen-bond acceptors (Lipinski definition) is 5. The molecule has 0 aromatic heterocycles. The Morgan fingerprint density at radius 2 is 1.94 bits per heavy atom. The highest BCUT2D eigenvalue weighted by molar-refractivity contribution is 5.81. The molecule has 100 valence electrons. The minimum Gasteiger partial charge on any atom is -0.508 e. The van der Waals surface area contributed by atoms with Crippen LogP contribution in [0.3, 0.4) is 0 Å². The van der Waals surface area contributed by atoms with Gasteiger partial charge in [-0.25, -0.2) is 5.84 Å². The highest BCUT2D eigenvalue weighted by atomic mass is 16.3. The molecule has 5 N–H and O–H groups in total. The van der Waals surface area contributed by atoms with Gasteiger partial charge in [0.25, 0.3) is 5.91 Å². The highest BCUT2D eigenvalue weighted by Crippen LogP contribution is 2.11. The largest absolute Gasteiger partial charge is 0.508 e. The van der Waals surface area contributed by atoms with Crippen LogP contribution in [0.2, 0.25) is 0 Å². The molecule has 18 heavy (non-hydrogen) atoms. The van der Waals surface area contributed by atoms with E-state index in [-0.39, 0.29) is 17.7 Å². The van der Waals surface area contributed by atoms with Crippen LogP contribution in [0.25, 0.3) is 0 Å². The van der Waals surface area contributed by atoms with E-state index in [1.807, 2.05) is 0 Å². The SMILES string of the molecule is CC=O.CNC(Cc1ccc(O)cc1)C(=O)NN. The Bertz CT molecular complexity index is 365. The Labute approximate surface area is 106 Å². The van der Waals surface area contributed by atoms with Crippen molar-refractivity contribution in [1.29, 1.82) is 0 Å². The molecule has 0 aliphatic heterocycles. The van der Waals surface area contributed by atoms with Crippen LogP contribution in [-0.4, -0.2) is 30.4 Å². The summed E-state index contributed by atoms with van der Waals surface area (Å²) >= 11 is 0. The minimum atomic E-state index is -0.362. The number of nitrogens with two attached hydrogens (primary N) is 1. The van der Waals surface area contributed by atoms with E-state index in [4.69, 9.17) is 15.7 Å². The quantitative estimate of drug-likeness (QED) is 0.256. The maximum absolute atomic E-state index is 11.3. The molecule has 0 spiro atoms. The number of amides is 1. The Morgan fingerprint density at radius 3 is 2.33 bits per heavy atom. The number of phenols is 1. The van der Waals surface area contributed by atoms with Crippen molar-refractivity contribution in [2.24, 2.45) is 5.84 Å². The lowest BCUT2D eigenvalue weighted by Crippen LogP contribution is -2.46. The van der Waals surface area contributed by atoms with Crippen molar-refractivity contribution in [1.82, 2.24) is 10.7 Å². The van der Waals surface area contributed by atoms with Crippen molar-refractivity contribution in [3.8, 4) is 5.75 Å². The molecule has 0 fully saturated rings. The van der Waals surface area contributed by atoms with Gasteiger partial charge in [0, 0.05) is 0 Å². The Morgan fingerprint density at radius 1 is 1.44 bits per heavy atom. The summed E-state index contributed by atoms with van der Waals surface area (Å²) in [7, 11) is 1.69. The fraction of sp³-hybridized carbons (Fsp3) is 0.333. The molecular weight excluding hydrogens is 234 g/mol. The average Bonchev–Trinajstić information content (AvgIpc) is 2.38. The van der Waals surface area contributed by atoms with Crippen molar-refractivity contribution >= 4 is 12.2 Å². The predicted molar refractivity (Wildman–Crippen MR) is 68.7 cm³/mol. The Kier molecular flexibility index (Phi) is 8.17. The molecule has 1 atom stereocenters.